The number of carbonyl (C=O) groups is 1. The number of halogens is 1. The molecule has 6 heteroatoms. The number of hydrogen-bond donors (Lipinski definition) is 1. The van der Waals surface area contributed by atoms with Gasteiger partial charge in [0.2, 0.25) is 10.0 Å². The summed E-state index contributed by atoms with van der Waals surface area (Å²) in [5, 5.41) is 0. The second kappa shape index (κ2) is 6.41. The van der Waals surface area contributed by atoms with Crippen molar-refractivity contribution in [3.63, 3.8) is 0 Å². The lowest BCUT2D eigenvalue weighted by Crippen LogP contribution is -2.14. The monoisotopic (exact) mass is 367 g/mol. The van der Waals surface area contributed by atoms with Crippen molar-refractivity contribution in [1.29, 1.82) is 0 Å². The van der Waals surface area contributed by atoms with E-state index >= 15 is 0 Å². The second-order valence-electron chi connectivity index (χ2n) is 4.42. The highest BCUT2D eigenvalue weighted by molar-refractivity contribution is 9.10. The Labute approximate surface area is 132 Å². The van der Waals surface area contributed by atoms with Crippen LogP contribution in [0.15, 0.2) is 53.0 Å². The van der Waals surface area contributed by atoms with Gasteiger partial charge in [0.25, 0.3) is 0 Å². The number of nitrogens with one attached hydrogen (secondary N) is 1. The average Bonchev–Trinajstić information content (AvgIpc) is 2.47. The van der Waals surface area contributed by atoms with E-state index in [1.807, 2.05) is 6.07 Å². The van der Waals surface area contributed by atoms with Gasteiger partial charge in [-0.15, -0.1) is 0 Å². The van der Waals surface area contributed by atoms with Gasteiger partial charge in [-0.2, -0.15) is 0 Å². The summed E-state index contributed by atoms with van der Waals surface area (Å²) in [7, 11) is -3.30. The molecule has 0 saturated carbocycles. The quantitative estimate of drug-likeness (QED) is 0.823. The number of sulfonamides is 1. The molecule has 0 aliphatic carbocycles. The second-order valence-corrected chi connectivity index (χ2v) is 7.35. The fraction of sp³-hybridized carbons (Fsp3) is 0.133. The third kappa shape index (κ3) is 4.15. The van der Waals surface area contributed by atoms with E-state index < -0.39 is 10.0 Å². The number of anilines is 1. The molecule has 0 saturated heterocycles. The maximum absolute atomic E-state index is 12.3. The molecule has 0 fully saturated rings. The van der Waals surface area contributed by atoms with Crippen LogP contribution >= 0.6 is 15.9 Å². The van der Waals surface area contributed by atoms with Crippen LogP contribution < -0.4 is 4.72 Å². The average molecular weight is 368 g/mol. The molecule has 0 amide bonds. The summed E-state index contributed by atoms with van der Waals surface area (Å²) < 4.78 is 26.2. The smallest absolute Gasteiger partial charge is 0.232 e. The summed E-state index contributed by atoms with van der Waals surface area (Å²) in [5.41, 5.74) is 1.53. The van der Waals surface area contributed by atoms with E-state index in [9.17, 15) is 13.2 Å². The Morgan fingerprint density at radius 2 is 1.76 bits per heavy atom. The molecule has 0 radical (unpaired) electrons. The van der Waals surface area contributed by atoms with Gasteiger partial charge in [0.15, 0.2) is 5.78 Å². The van der Waals surface area contributed by atoms with Gasteiger partial charge in [0.1, 0.15) is 0 Å². The number of hydrogen-bond acceptors (Lipinski definition) is 3. The Balaban J connectivity index is 2.21. The molecule has 0 bridgehead atoms. The molecule has 1 N–H and O–H groups in total. The van der Waals surface area contributed by atoms with Gasteiger partial charge < -0.3 is 0 Å². The van der Waals surface area contributed by atoms with Crippen molar-refractivity contribution in [3.05, 3.63) is 64.1 Å². The number of benzene rings is 2. The maximum Gasteiger partial charge on any atom is 0.232 e. The molecule has 2 aromatic carbocycles. The lowest BCUT2D eigenvalue weighted by Gasteiger charge is -2.07. The minimum atomic E-state index is -3.30. The molecular formula is C15H14BrNO3S. The maximum atomic E-state index is 12.3. The Bertz CT molecular complexity index is 755. The summed E-state index contributed by atoms with van der Waals surface area (Å²) >= 11 is 3.33. The van der Waals surface area contributed by atoms with Gasteiger partial charge in [-0.3, -0.25) is 9.52 Å². The largest absolute Gasteiger partial charge is 0.289 e. The first-order valence-electron chi connectivity index (χ1n) is 6.32. The van der Waals surface area contributed by atoms with Crippen LogP contribution in [-0.2, 0) is 10.0 Å². The Hall–Kier alpha value is -1.66. The zero-order valence-corrected chi connectivity index (χ0v) is 13.7. The summed E-state index contributed by atoms with van der Waals surface area (Å²) in [6.45, 7) is 1.56. The van der Waals surface area contributed by atoms with Crippen LogP contribution in [0, 0.1) is 0 Å². The summed E-state index contributed by atoms with van der Waals surface area (Å²) in [4.78, 5) is 12.3. The molecule has 0 aromatic heterocycles. The molecule has 21 heavy (non-hydrogen) atoms. The minimum Gasteiger partial charge on any atom is -0.289 e. The zero-order valence-electron chi connectivity index (χ0n) is 11.3. The third-order valence-corrected chi connectivity index (χ3v) is 4.69. The molecule has 110 valence electrons. The first-order chi connectivity index (χ1) is 9.91. The first-order valence-corrected chi connectivity index (χ1v) is 8.76. The van der Waals surface area contributed by atoms with E-state index in [1.54, 1.807) is 49.4 Å². The van der Waals surface area contributed by atoms with Crippen LogP contribution in [0.25, 0.3) is 0 Å². The van der Waals surface area contributed by atoms with E-state index in [2.05, 4.69) is 20.7 Å². The van der Waals surface area contributed by atoms with Gasteiger partial charge in [-0.25, -0.2) is 8.42 Å². The van der Waals surface area contributed by atoms with Crippen LogP contribution in [0.1, 0.15) is 22.8 Å². The third-order valence-electron chi connectivity index (χ3n) is 2.89. The lowest BCUT2D eigenvalue weighted by molar-refractivity contribution is 0.103. The highest BCUT2D eigenvalue weighted by atomic mass is 79.9. The highest BCUT2D eigenvalue weighted by Crippen LogP contribution is 2.17. The SMILES string of the molecule is CCS(=O)(=O)Nc1ccc(C(=O)c2cccc(Br)c2)cc1. The Morgan fingerprint density at radius 3 is 2.33 bits per heavy atom. The van der Waals surface area contributed by atoms with Crippen molar-refractivity contribution in [1.82, 2.24) is 0 Å². The van der Waals surface area contributed by atoms with Gasteiger partial charge in [-0.1, -0.05) is 28.1 Å². The van der Waals surface area contributed by atoms with Crippen molar-refractivity contribution >= 4 is 37.4 Å². The predicted molar refractivity (Wildman–Crippen MR) is 87.1 cm³/mol. The van der Waals surface area contributed by atoms with E-state index in [0.29, 0.717) is 16.8 Å². The van der Waals surface area contributed by atoms with Crippen LogP contribution in [0.3, 0.4) is 0 Å². The van der Waals surface area contributed by atoms with Gasteiger partial charge >= 0.3 is 0 Å². The number of carbonyl (C=O) groups excluding carboxylic acids is 1. The van der Waals surface area contributed by atoms with Crippen molar-refractivity contribution in [3.8, 4) is 0 Å². The molecule has 4 nitrogen and oxygen atoms in total. The lowest BCUT2D eigenvalue weighted by atomic mass is 10.0. The van der Waals surface area contributed by atoms with Crippen molar-refractivity contribution < 1.29 is 13.2 Å². The topological polar surface area (TPSA) is 63.2 Å². The molecule has 0 aliphatic heterocycles. The molecular weight excluding hydrogens is 354 g/mol. The van der Waals surface area contributed by atoms with Gasteiger partial charge in [-0.05, 0) is 43.3 Å². The van der Waals surface area contributed by atoms with E-state index in [1.165, 1.54) is 0 Å². The van der Waals surface area contributed by atoms with Crippen molar-refractivity contribution in [2.75, 3.05) is 10.5 Å². The fourth-order valence-electron chi connectivity index (χ4n) is 1.74. The summed E-state index contributed by atoms with van der Waals surface area (Å²) in [5.74, 6) is -0.104. The highest BCUT2D eigenvalue weighted by Gasteiger charge is 2.11. The molecule has 2 rings (SSSR count). The zero-order chi connectivity index (χ0) is 15.5. The predicted octanol–water partition coefficient (Wildman–Crippen LogP) is 3.44. The summed E-state index contributed by atoms with van der Waals surface area (Å²) in [6, 6.07) is 13.5. The normalized spacial score (nSPS) is 11.1. The van der Waals surface area contributed by atoms with Crippen molar-refractivity contribution in [2.45, 2.75) is 6.92 Å². The Morgan fingerprint density at radius 1 is 1.10 bits per heavy atom. The molecule has 0 atom stereocenters. The number of rotatable bonds is 5. The van der Waals surface area contributed by atoms with Gasteiger partial charge in [0.05, 0.1) is 5.75 Å². The van der Waals surface area contributed by atoms with E-state index in [0.717, 1.165) is 4.47 Å². The summed E-state index contributed by atoms with van der Waals surface area (Å²) in [6.07, 6.45) is 0. The standard InChI is InChI=1S/C15H14BrNO3S/c1-2-21(19,20)17-14-8-6-11(7-9-14)15(18)12-4-3-5-13(16)10-12/h3-10,17H,2H2,1H3. The van der Waals surface area contributed by atoms with Crippen LogP contribution in [0.2, 0.25) is 0 Å². The van der Waals surface area contributed by atoms with Gasteiger partial charge in [0, 0.05) is 21.3 Å². The first kappa shape index (κ1) is 15.7. The molecule has 2 aromatic rings. The number of ketones is 1. The Kier molecular flexibility index (Phi) is 4.80. The molecule has 0 aliphatic rings. The van der Waals surface area contributed by atoms with Crippen LogP contribution in [0.5, 0.6) is 0 Å². The molecule has 0 unspecified atom stereocenters. The van der Waals surface area contributed by atoms with Crippen LogP contribution in [-0.4, -0.2) is 20.0 Å². The van der Waals surface area contributed by atoms with Crippen LogP contribution in [0.4, 0.5) is 5.69 Å². The van der Waals surface area contributed by atoms with E-state index in [4.69, 9.17) is 0 Å². The molecule has 0 spiro atoms. The van der Waals surface area contributed by atoms with E-state index in [-0.39, 0.29) is 11.5 Å². The fourth-order valence-corrected chi connectivity index (χ4v) is 2.78. The minimum absolute atomic E-state index is 0.00568. The molecule has 0 heterocycles. The van der Waals surface area contributed by atoms with Crippen molar-refractivity contribution in [2.24, 2.45) is 0 Å².